The molecule has 0 saturated carbocycles. The van der Waals surface area contributed by atoms with Gasteiger partial charge >= 0.3 is 0 Å². The third kappa shape index (κ3) is 3.15. The Labute approximate surface area is 90.7 Å². The van der Waals surface area contributed by atoms with E-state index in [-0.39, 0.29) is 4.66 Å². The highest BCUT2D eigenvalue weighted by atomic mass is 79.9. The van der Waals surface area contributed by atoms with Crippen LogP contribution in [-0.2, 0) is 10.0 Å². The van der Waals surface area contributed by atoms with Crippen LogP contribution in [0.3, 0.4) is 0 Å². The van der Waals surface area contributed by atoms with E-state index in [1.54, 1.807) is 6.07 Å². The van der Waals surface area contributed by atoms with Crippen LogP contribution < -0.4 is 9.46 Å². The lowest BCUT2D eigenvalue weighted by Crippen LogP contribution is -2.13. The van der Waals surface area contributed by atoms with E-state index in [0.717, 1.165) is 0 Å². The molecule has 0 aliphatic rings. The number of methoxy groups -OCH3 is 1. The van der Waals surface area contributed by atoms with Crippen molar-refractivity contribution in [1.29, 1.82) is 0 Å². The van der Waals surface area contributed by atoms with E-state index in [9.17, 15) is 8.42 Å². The first-order valence-electron chi connectivity index (χ1n) is 3.64. The second kappa shape index (κ2) is 4.61. The maximum Gasteiger partial charge on any atom is 0.242 e. The van der Waals surface area contributed by atoms with E-state index in [0.29, 0.717) is 11.6 Å². The summed E-state index contributed by atoms with van der Waals surface area (Å²) in [6, 6.07) is 3.04. The predicted octanol–water partition coefficient (Wildman–Crippen LogP) is 1.18. The van der Waals surface area contributed by atoms with Gasteiger partial charge in [0.2, 0.25) is 15.9 Å². The molecule has 0 atom stereocenters. The third-order valence-corrected chi connectivity index (χ3v) is 4.00. The van der Waals surface area contributed by atoms with Gasteiger partial charge in [0.25, 0.3) is 0 Å². The molecule has 7 heteroatoms. The minimum Gasteiger partial charge on any atom is -0.481 e. The van der Waals surface area contributed by atoms with E-state index in [2.05, 4.69) is 25.6 Å². The topological polar surface area (TPSA) is 68.3 Å². The number of nitrogens with one attached hydrogen (secondary N) is 1. The second-order valence-electron chi connectivity index (χ2n) is 2.41. The van der Waals surface area contributed by atoms with Gasteiger partial charge in [0.15, 0.2) is 0 Å². The van der Waals surface area contributed by atoms with Crippen LogP contribution in [0.15, 0.2) is 18.3 Å². The molecule has 0 aliphatic heterocycles. The molecule has 0 spiro atoms. The van der Waals surface area contributed by atoms with Crippen molar-refractivity contribution in [1.82, 2.24) is 4.98 Å². The number of hydrogen-bond donors (Lipinski definition) is 1. The Hall–Kier alpha value is -0.820. The third-order valence-electron chi connectivity index (χ3n) is 1.36. The van der Waals surface area contributed by atoms with E-state index >= 15 is 0 Å². The van der Waals surface area contributed by atoms with Crippen LogP contribution in [-0.4, -0.2) is 25.2 Å². The smallest absolute Gasteiger partial charge is 0.242 e. The first-order chi connectivity index (χ1) is 6.57. The molecule has 0 saturated heterocycles. The van der Waals surface area contributed by atoms with Gasteiger partial charge in [-0.15, -0.1) is 0 Å². The fourth-order valence-corrected chi connectivity index (χ4v) is 1.68. The summed E-state index contributed by atoms with van der Waals surface area (Å²) in [6.45, 7) is 0. The number of pyridine rings is 1. The zero-order valence-corrected chi connectivity index (χ0v) is 9.80. The van der Waals surface area contributed by atoms with Crippen LogP contribution in [0.1, 0.15) is 0 Å². The Morgan fingerprint density at radius 1 is 1.64 bits per heavy atom. The average molecular weight is 281 g/mol. The number of anilines is 1. The molecule has 1 rings (SSSR count). The van der Waals surface area contributed by atoms with E-state index < -0.39 is 10.0 Å². The first-order valence-corrected chi connectivity index (χ1v) is 6.41. The van der Waals surface area contributed by atoms with Crippen molar-refractivity contribution in [3.05, 3.63) is 18.3 Å². The second-order valence-corrected chi connectivity index (χ2v) is 5.44. The maximum atomic E-state index is 11.1. The van der Waals surface area contributed by atoms with Crippen molar-refractivity contribution in [3.8, 4) is 5.88 Å². The molecular weight excluding hydrogens is 272 g/mol. The molecule has 0 fully saturated rings. The Morgan fingerprint density at radius 2 is 2.36 bits per heavy atom. The minimum atomic E-state index is -3.31. The normalized spacial score (nSPS) is 11.0. The molecule has 1 aromatic rings. The summed E-state index contributed by atoms with van der Waals surface area (Å²) >= 11 is 2.87. The molecule has 1 aromatic heterocycles. The summed E-state index contributed by atoms with van der Waals surface area (Å²) in [4.78, 5) is 3.84. The molecule has 5 nitrogen and oxygen atoms in total. The highest BCUT2D eigenvalue weighted by molar-refractivity contribution is 9.10. The highest BCUT2D eigenvalue weighted by Gasteiger charge is 2.07. The molecule has 0 bridgehead atoms. The van der Waals surface area contributed by atoms with Gasteiger partial charge < -0.3 is 4.74 Å². The number of nitrogens with zero attached hydrogens (tertiary/aromatic N) is 1. The molecule has 0 aromatic carbocycles. The molecule has 78 valence electrons. The molecule has 0 radical (unpaired) electrons. The van der Waals surface area contributed by atoms with Gasteiger partial charge in [-0.25, -0.2) is 13.4 Å². The highest BCUT2D eigenvalue weighted by Crippen LogP contribution is 2.15. The van der Waals surface area contributed by atoms with Crippen LogP contribution in [0, 0.1) is 0 Å². The van der Waals surface area contributed by atoms with Crippen LogP contribution in [0.25, 0.3) is 0 Å². The largest absolute Gasteiger partial charge is 0.481 e. The molecule has 0 aliphatic carbocycles. The van der Waals surface area contributed by atoms with Crippen molar-refractivity contribution < 1.29 is 13.2 Å². The van der Waals surface area contributed by atoms with Gasteiger partial charge in [-0.2, -0.15) is 0 Å². The first kappa shape index (κ1) is 11.3. The SMILES string of the molecule is COc1cc(NS(=O)(=O)CBr)ccn1. The van der Waals surface area contributed by atoms with Crippen molar-refractivity contribution >= 4 is 31.6 Å². The lowest BCUT2D eigenvalue weighted by molar-refractivity contribution is 0.398. The molecule has 0 amide bonds. The Kier molecular flexibility index (Phi) is 3.70. The number of halogens is 1. The van der Waals surface area contributed by atoms with Crippen molar-refractivity contribution in [3.63, 3.8) is 0 Å². The van der Waals surface area contributed by atoms with E-state index in [1.165, 1.54) is 19.4 Å². The zero-order chi connectivity index (χ0) is 10.6. The number of alkyl halides is 1. The van der Waals surface area contributed by atoms with Crippen LogP contribution in [0.5, 0.6) is 5.88 Å². The van der Waals surface area contributed by atoms with Crippen LogP contribution in [0.2, 0.25) is 0 Å². The quantitative estimate of drug-likeness (QED) is 0.842. The van der Waals surface area contributed by atoms with E-state index in [1.807, 2.05) is 0 Å². The fraction of sp³-hybridized carbons (Fsp3) is 0.286. The number of sulfonamides is 1. The van der Waals surface area contributed by atoms with Gasteiger partial charge in [-0.3, -0.25) is 4.72 Å². The molecular formula is C7H9BrN2O3S. The van der Waals surface area contributed by atoms with Crippen LogP contribution in [0.4, 0.5) is 5.69 Å². The van der Waals surface area contributed by atoms with E-state index in [4.69, 9.17) is 4.74 Å². The number of aromatic nitrogens is 1. The number of ether oxygens (including phenoxy) is 1. The standard InChI is InChI=1S/C7H9BrN2O3S/c1-13-7-4-6(2-3-9-7)10-14(11,12)5-8/h2-4H,5H2,1H3,(H,9,10). The number of hydrogen-bond acceptors (Lipinski definition) is 4. The Balaban J connectivity index is 2.87. The number of rotatable bonds is 4. The van der Waals surface area contributed by atoms with Gasteiger partial charge in [0.1, 0.15) is 4.66 Å². The summed E-state index contributed by atoms with van der Waals surface area (Å²) in [7, 11) is -1.85. The van der Waals surface area contributed by atoms with Crippen molar-refractivity contribution in [2.24, 2.45) is 0 Å². The predicted molar refractivity (Wildman–Crippen MR) is 57.1 cm³/mol. The average Bonchev–Trinajstić information content (AvgIpc) is 2.17. The lowest BCUT2D eigenvalue weighted by Gasteiger charge is -2.05. The van der Waals surface area contributed by atoms with Crippen molar-refractivity contribution in [2.45, 2.75) is 0 Å². The van der Waals surface area contributed by atoms with Gasteiger partial charge in [0, 0.05) is 12.3 Å². The lowest BCUT2D eigenvalue weighted by atomic mass is 10.4. The summed E-state index contributed by atoms with van der Waals surface area (Å²) in [6.07, 6.45) is 1.46. The molecule has 14 heavy (non-hydrogen) atoms. The van der Waals surface area contributed by atoms with Gasteiger partial charge in [0.05, 0.1) is 12.8 Å². The van der Waals surface area contributed by atoms with Gasteiger partial charge in [-0.1, -0.05) is 15.9 Å². The summed E-state index contributed by atoms with van der Waals surface area (Å²) in [5, 5.41) is 0. The van der Waals surface area contributed by atoms with Crippen LogP contribution >= 0.6 is 15.9 Å². The molecule has 0 unspecified atom stereocenters. The molecule has 1 N–H and O–H groups in total. The Bertz CT molecular complexity index is 407. The van der Waals surface area contributed by atoms with Crippen molar-refractivity contribution in [2.75, 3.05) is 16.5 Å². The maximum absolute atomic E-state index is 11.1. The zero-order valence-electron chi connectivity index (χ0n) is 7.40. The Morgan fingerprint density at radius 3 is 2.93 bits per heavy atom. The molecule has 1 heterocycles. The minimum absolute atomic E-state index is 0.148. The summed E-state index contributed by atoms with van der Waals surface area (Å²) in [5.74, 6) is 0.361. The summed E-state index contributed by atoms with van der Waals surface area (Å²) in [5.41, 5.74) is 0.427. The fourth-order valence-electron chi connectivity index (χ4n) is 0.791. The monoisotopic (exact) mass is 280 g/mol. The summed E-state index contributed by atoms with van der Waals surface area (Å²) < 4.78 is 29.3. The van der Waals surface area contributed by atoms with Gasteiger partial charge in [-0.05, 0) is 6.07 Å².